The van der Waals surface area contributed by atoms with Crippen LogP contribution >= 0.6 is 11.3 Å². The molecular formula is C10H12N2O3S. The van der Waals surface area contributed by atoms with Gasteiger partial charge in [0.05, 0.1) is 17.6 Å². The molecule has 86 valence electrons. The van der Waals surface area contributed by atoms with E-state index in [1.807, 2.05) is 6.92 Å². The minimum absolute atomic E-state index is 0.0350. The van der Waals surface area contributed by atoms with Crippen LogP contribution in [0.5, 0.6) is 0 Å². The van der Waals surface area contributed by atoms with Crippen LogP contribution in [0, 0.1) is 12.8 Å². The second-order valence-electron chi connectivity index (χ2n) is 3.92. The zero-order valence-electron chi connectivity index (χ0n) is 8.84. The molecule has 0 unspecified atom stereocenters. The number of carbonyl (C=O) groups is 2. The number of hydrogen-bond donors (Lipinski definition) is 1. The Morgan fingerprint density at radius 3 is 2.81 bits per heavy atom. The molecule has 6 heteroatoms. The molecule has 1 fully saturated rings. The average Bonchev–Trinajstić information content (AvgIpc) is 2.56. The van der Waals surface area contributed by atoms with Crippen LogP contribution in [-0.4, -0.2) is 40.0 Å². The molecule has 1 aliphatic rings. The van der Waals surface area contributed by atoms with E-state index in [1.165, 1.54) is 11.3 Å². The van der Waals surface area contributed by atoms with E-state index in [-0.39, 0.29) is 18.2 Å². The molecule has 0 saturated carbocycles. The van der Waals surface area contributed by atoms with Crippen molar-refractivity contribution in [2.24, 2.45) is 5.92 Å². The summed E-state index contributed by atoms with van der Waals surface area (Å²) in [4.78, 5) is 28.6. The Hall–Kier alpha value is -1.43. The molecule has 5 nitrogen and oxygen atoms in total. The lowest BCUT2D eigenvalue weighted by atomic mass is 9.96. The largest absolute Gasteiger partial charge is 0.481 e. The van der Waals surface area contributed by atoms with Crippen molar-refractivity contribution in [3.05, 3.63) is 16.1 Å². The number of carboxylic acid groups (broad SMARTS) is 1. The minimum Gasteiger partial charge on any atom is -0.481 e. The summed E-state index contributed by atoms with van der Waals surface area (Å²) in [5.41, 5.74) is 0. The molecule has 2 heterocycles. The Bertz CT molecular complexity index is 423. The first-order chi connectivity index (χ1) is 7.56. The highest BCUT2D eigenvalue weighted by atomic mass is 32.1. The maximum atomic E-state index is 11.8. The van der Waals surface area contributed by atoms with Crippen molar-refractivity contribution in [2.45, 2.75) is 13.3 Å². The van der Waals surface area contributed by atoms with Crippen LogP contribution < -0.4 is 0 Å². The van der Waals surface area contributed by atoms with Crippen LogP contribution in [-0.2, 0) is 4.79 Å². The van der Waals surface area contributed by atoms with Gasteiger partial charge in [-0.2, -0.15) is 0 Å². The standard InChI is InChI=1S/C10H12N2O3S/c1-6-11-3-8(16-6)10(15)12-4-7(5-12)2-9(13)14/h3,7H,2,4-5H2,1H3,(H,13,14). The van der Waals surface area contributed by atoms with Gasteiger partial charge in [-0.25, -0.2) is 4.98 Å². The maximum Gasteiger partial charge on any atom is 0.303 e. The van der Waals surface area contributed by atoms with Crippen LogP contribution in [0.15, 0.2) is 6.20 Å². The van der Waals surface area contributed by atoms with Crippen molar-refractivity contribution in [1.29, 1.82) is 0 Å². The highest BCUT2D eigenvalue weighted by Gasteiger charge is 2.33. The molecule has 1 aromatic rings. The third kappa shape index (κ3) is 2.21. The van der Waals surface area contributed by atoms with Gasteiger partial charge in [-0.1, -0.05) is 0 Å². The summed E-state index contributed by atoms with van der Waals surface area (Å²) >= 11 is 1.37. The second kappa shape index (κ2) is 4.21. The Kier molecular flexibility index (Phi) is 2.91. The van der Waals surface area contributed by atoms with Gasteiger partial charge in [0.1, 0.15) is 4.88 Å². The predicted molar refractivity (Wildman–Crippen MR) is 58.5 cm³/mol. The van der Waals surface area contributed by atoms with E-state index in [9.17, 15) is 9.59 Å². The number of amides is 1. The Morgan fingerprint density at radius 1 is 1.62 bits per heavy atom. The van der Waals surface area contributed by atoms with Gasteiger partial charge in [0.15, 0.2) is 0 Å². The van der Waals surface area contributed by atoms with Gasteiger partial charge in [0.2, 0.25) is 0 Å². The van der Waals surface area contributed by atoms with E-state index in [1.54, 1.807) is 11.1 Å². The maximum absolute atomic E-state index is 11.8. The molecule has 0 aliphatic carbocycles. The van der Waals surface area contributed by atoms with E-state index < -0.39 is 5.97 Å². The molecule has 1 amide bonds. The summed E-state index contributed by atoms with van der Waals surface area (Å²) in [5.74, 6) is -0.728. The summed E-state index contributed by atoms with van der Waals surface area (Å²) in [5, 5.41) is 9.45. The van der Waals surface area contributed by atoms with Crippen molar-refractivity contribution in [1.82, 2.24) is 9.88 Å². The summed E-state index contributed by atoms with van der Waals surface area (Å²) in [6.45, 7) is 2.94. The molecule has 1 saturated heterocycles. The van der Waals surface area contributed by atoms with Gasteiger partial charge in [-0.05, 0) is 6.92 Å². The van der Waals surface area contributed by atoms with Crippen molar-refractivity contribution in [3.63, 3.8) is 0 Å². The molecule has 2 rings (SSSR count). The average molecular weight is 240 g/mol. The van der Waals surface area contributed by atoms with E-state index >= 15 is 0 Å². The lowest BCUT2D eigenvalue weighted by molar-refractivity contribution is -0.139. The van der Waals surface area contributed by atoms with Crippen LogP contribution in [0.3, 0.4) is 0 Å². The molecule has 0 aromatic carbocycles. The number of carbonyl (C=O) groups excluding carboxylic acids is 1. The topological polar surface area (TPSA) is 70.5 Å². The molecule has 0 radical (unpaired) electrons. The van der Waals surface area contributed by atoms with Crippen LogP contribution in [0.1, 0.15) is 21.1 Å². The number of likely N-dealkylation sites (tertiary alicyclic amines) is 1. The summed E-state index contributed by atoms with van der Waals surface area (Å²) in [7, 11) is 0. The fraction of sp³-hybridized carbons (Fsp3) is 0.500. The Balaban J connectivity index is 1.88. The van der Waals surface area contributed by atoms with Gasteiger partial charge in [0, 0.05) is 19.0 Å². The number of hydrogen-bond acceptors (Lipinski definition) is 4. The monoisotopic (exact) mass is 240 g/mol. The first kappa shape index (κ1) is 11.1. The molecule has 0 atom stereocenters. The number of aryl methyl sites for hydroxylation is 1. The predicted octanol–water partition coefficient (Wildman–Crippen LogP) is 0.998. The molecule has 1 aromatic heterocycles. The number of rotatable bonds is 3. The van der Waals surface area contributed by atoms with Crippen LogP contribution in [0.25, 0.3) is 0 Å². The third-order valence-corrected chi connectivity index (χ3v) is 3.44. The first-order valence-corrected chi connectivity index (χ1v) is 5.81. The van der Waals surface area contributed by atoms with Gasteiger partial charge in [0.25, 0.3) is 5.91 Å². The van der Waals surface area contributed by atoms with E-state index in [0.29, 0.717) is 18.0 Å². The molecular weight excluding hydrogens is 228 g/mol. The van der Waals surface area contributed by atoms with Crippen molar-refractivity contribution >= 4 is 23.2 Å². The first-order valence-electron chi connectivity index (χ1n) is 4.99. The SMILES string of the molecule is Cc1ncc(C(=O)N2CC(CC(=O)O)C2)s1. The lowest BCUT2D eigenvalue weighted by Gasteiger charge is -2.38. The number of nitrogens with zero attached hydrogens (tertiary/aromatic N) is 2. The van der Waals surface area contributed by atoms with Crippen molar-refractivity contribution in [3.8, 4) is 0 Å². The highest BCUT2D eigenvalue weighted by Crippen LogP contribution is 2.23. The van der Waals surface area contributed by atoms with Crippen molar-refractivity contribution in [2.75, 3.05) is 13.1 Å². The van der Waals surface area contributed by atoms with Gasteiger partial charge >= 0.3 is 5.97 Å². The zero-order valence-corrected chi connectivity index (χ0v) is 9.66. The van der Waals surface area contributed by atoms with Crippen LogP contribution in [0.4, 0.5) is 0 Å². The van der Waals surface area contributed by atoms with Gasteiger partial charge < -0.3 is 10.0 Å². The molecule has 1 N–H and O–H groups in total. The number of carboxylic acids is 1. The highest BCUT2D eigenvalue weighted by molar-refractivity contribution is 7.13. The normalized spacial score (nSPS) is 15.9. The molecule has 1 aliphatic heterocycles. The minimum atomic E-state index is -0.800. The lowest BCUT2D eigenvalue weighted by Crippen LogP contribution is -2.50. The Morgan fingerprint density at radius 2 is 2.31 bits per heavy atom. The van der Waals surface area contributed by atoms with Crippen LogP contribution in [0.2, 0.25) is 0 Å². The zero-order chi connectivity index (χ0) is 11.7. The van der Waals surface area contributed by atoms with E-state index in [2.05, 4.69) is 4.98 Å². The quantitative estimate of drug-likeness (QED) is 0.855. The number of aromatic nitrogens is 1. The second-order valence-corrected chi connectivity index (χ2v) is 5.15. The van der Waals surface area contributed by atoms with E-state index in [0.717, 1.165) is 5.01 Å². The number of aliphatic carboxylic acids is 1. The fourth-order valence-corrected chi connectivity index (χ4v) is 2.47. The summed E-state index contributed by atoms with van der Waals surface area (Å²) < 4.78 is 0. The fourth-order valence-electron chi connectivity index (χ4n) is 1.73. The third-order valence-electron chi connectivity index (χ3n) is 2.54. The van der Waals surface area contributed by atoms with E-state index in [4.69, 9.17) is 5.11 Å². The molecule has 0 spiro atoms. The molecule has 0 bridgehead atoms. The Labute approximate surface area is 96.7 Å². The smallest absolute Gasteiger partial charge is 0.303 e. The van der Waals surface area contributed by atoms with Crippen molar-refractivity contribution < 1.29 is 14.7 Å². The number of thiazole rings is 1. The van der Waals surface area contributed by atoms with Gasteiger partial charge in [-0.3, -0.25) is 9.59 Å². The molecule has 16 heavy (non-hydrogen) atoms. The summed E-state index contributed by atoms with van der Waals surface area (Å²) in [6, 6.07) is 0. The van der Waals surface area contributed by atoms with Gasteiger partial charge in [-0.15, -0.1) is 11.3 Å². The summed E-state index contributed by atoms with van der Waals surface area (Å²) in [6.07, 6.45) is 1.72.